The van der Waals surface area contributed by atoms with Gasteiger partial charge in [-0.05, 0) is 37.5 Å². The van der Waals surface area contributed by atoms with E-state index in [2.05, 4.69) is 10.5 Å². The van der Waals surface area contributed by atoms with Gasteiger partial charge in [0.2, 0.25) is 0 Å². The van der Waals surface area contributed by atoms with Crippen molar-refractivity contribution in [2.24, 2.45) is 0 Å². The summed E-state index contributed by atoms with van der Waals surface area (Å²) in [7, 11) is 0. The van der Waals surface area contributed by atoms with Gasteiger partial charge in [-0.25, -0.2) is 9.18 Å². The molecule has 6 heteroatoms. The number of urea groups is 1. The fourth-order valence-corrected chi connectivity index (χ4v) is 2.65. The van der Waals surface area contributed by atoms with E-state index in [0.717, 1.165) is 18.4 Å². The van der Waals surface area contributed by atoms with Gasteiger partial charge in [0.25, 0.3) is 0 Å². The van der Waals surface area contributed by atoms with Crippen molar-refractivity contribution in [1.82, 2.24) is 10.1 Å². The molecular weight excluding hydrogens is 273 g/mol. The molecule has 1 aliphatic rings. The first-order chi connectivity index (χ1) is 10.1. The molecule has 1 aromatic carbocycles. The normalized spacial score (nSPS) is 18.0. The first kappa shape index (κ1) is 13.6. The highest BCUT2D eigenvalue weighted by atomic mass is 19.1. The van der Waals surface area contributed by atoms with E-state index in [1.807, 2.05) is 0 Å². The Morgan fingerprint density at radius 3 is 2.86 bits per heavy atom. The maximum Gasteiger partial charge on any atom is 0.323 e. The van der Waals surface area contributed by atoms with E-state index in [1.165, 1.54) is 12.1 Å². The third-order valence-corrected chi connectivity index (χ3v) is 3.63. The van der Waals surface area contributed by atoms with Gasteiger partial charge >= 0.3 is 6.03 Å². The molecule has 2 heterocycles. The summed E-state index contributed by atoms with van der Waals surface area (Å²) in [5.74, 6) is 0.773. The van der Waals surface area contributed by atoms with E-state index in [4.69, 9.17) is 4.52 Å². The standard InChI is InChI=1S/C15H16FN3O2/c1-10-9-14(18-21-10)17-15(20)19-8-2-3-13(19)11-4-6-12(16)7-5-11/h4-7,9,13H,2-3,8H2,1H3,(H,17,18,20). The second kappa shape index (κ2) is 5.55. The molecule has 110 valence electrons. The maximum absolute atomic E-state index is 13.0. The van der Waals surface area contributed by atoms with Crippen LogP contribution < -0.4 is 5.32 Å². The number of aromatic nitrogens is 1. The minimum Gasteiger partial charge on any atom is -0.360 e. The summed E-state index contributed by atoms with van der Waals surface area (Å²) in [6.45, 7) is 2.44. The van der Waals surface area contributed by atoms with Crippen LogP contribution in [0.15, 0.2) is 34.9 Å². The predicted octanol–water partition coefficient (Wildman–Crippen LogP) is 3.49. The predicted molar refractivity (Wildman–Crippen MR) is 75.3 cm³/mol. The fourth-order valence-electron chi connectivity index (χ4n) is 2.65. The highest BCUT2D eigenvalue weighted by Gasteiger charge is 2.30. The Morgan fingerprint density at radius 2 is 2.19 bits per heavy atom. The molecule has 0 aliphatic carbocycles. The van der Waals surface area contributed by atoms with Crippen molar-refractivity contribution in [3.63, 3.8) is 0 Å². The van der Waals surface area contributed by atoms with Crippen molar-refractivity contribution in [2.45, 2.75) is 25.8 Å². The molecule has 1 unspecified atom stereocenters. The Morgan fingerprint density at radius 1 is 1.43 bits per heavy atom. The number of halogens is 1. The van der Waals surface area contributed by atoms with Crippen LogP contribution in [-0.2, 0) is 0 Å². The average Bonchev–Trinajstić information content (AvgIpc) is 3.09. The SMILES string of the molecule is Cc1cc(NC(=O)N2CCCC2c2ccc(F)cc2)no1. The minimum absolute atomic E-state index is 0.0291. The Hall–Kier alpha value is -2.37. The Labute approximate surface area is 121 Å². The molecule has 3 rings (SSSR count). The van der Waals surface area contributed by atoms with Gasteiger partial charge in [-0.2, -0.15) is 0 Å². The summed E-state index contributed by atoms with van der Waals surface area (Å²) in [5, 5.41) is 6.48. The van der Waals surface area contributed by atoms with Gasteiger partial charge in [0, 0.05) is 12.6 Å². The third kappa shape index (κ3) is 2.89. The van der Waals surface area contributed by atoms with E-state index < -0.39 is 0 Å². The molecular formula is C15H16FN3O2. The first-order valence-electron chi connectivity index (χ1n) is 6.90. The molecule has 0 saturated carbocycles. The average molecular weight is 289 g/mol. The summed E-state index contributed by atoms with van der Waals surface area (Å²) in [4.78, 5) is 14.1. The van der Waals surface area contributed by atoms with Gasteiger partial charge in [0.1, 0.15) is 11.6 Å². The van der Waals surface area contributed by atoms with E-state index >= 15 is 0 Å². The van der Waals surface area contributed by atoms with Gasteiger partial charge in [0.15, 0.2) is 5.82 Å². The van der Waals surface area contributed by atoms with E-state index in [0.29, 0.717) is 18.1 Å². The molecule has 0 spiro atoms. The molecule has 1 saturated heterocycles. The number of rotatable bonds is 2. The van der Waals surface area contributed by atoms with Crippen LogP contribution in [0.25, 0.3) is 0 Å². The first-order valence-corrected chi connectivity index (χ1v) is 6.90. The lowest BCUT2D eigenvalue weighted by Crippen LogP contribution is -2.34. The van der Waals surface area contributed by atoms with Crippen molar-refractivity contribution in [3.05, 3.63) is 47.5 Å². The zero-order valence-corrected chi connectivity index (χ0v) is 11.7. The van der Waals surface area contributed by atoms with Gasteiger partial charge in [-0.15, -0.1) is 0 Å². The van der Waals surface area contributed by atoms with Crippen LogP contribution in [0.3, 0.4) is 0 Å². The van der Waals surface area contributed by atoms with E-state index in [-0.39, 0.29) is 17.9 Å². The molecule has 2 aromatic rings. The molecule has 0 radical (unpaired) electrons. The number of likely N-dealkylation sites (tertiary alicyclic amines) is 1. The molecule has 1 N–H and O–H groups in total. The molecule has 1 aliphatic heterocycles. The summed E-state index contributed by atoms with van der Waals surface area (Å²) < 4.78 is 17.9. The molecule has 1 fully saturated rings. The number of hydrogen-bond donors (Lipinski definition) is 1. The molecule has 1 aromatic heterocycles. The minimum atomic E-state index is -0.272. The Balaban J connectivity index is 1.74. The fraction of sp³-hybridized carbons (Fsp3) is 0.333. The lowest BCUT2D eigenvalue weighted by Gasteiger charge is -2.24. The van der Waals surface area contributed by atoms with Crippen molar-refractivity contribution in [2.75, 3.05) is 11.9 Å². The van der Waals surface area contributed by atoms with Gasteiger partial charge in [-0.1, -0.05) is 17.3 Å². The quantitative estimate of drug-likeness (QED) is 0.920. The van der Waals surface area contributed by atoms with Crippen LogP contribution in [-0.4, -0.2) is 22.6 Å². The molecule has 0 bridgehead atoms. The zero-order chi connectivity index (χ0) is 14.8. The van der Waals surface area contributed by atoms with Crippen molar-refractivity contribution >= 4 is 11.8 Å². The van der Waals surface area contributed by atoms with Crippen molar-refractivity contribution < 1.29 is 13.7 Å². The van der Waals surface area contributed by atoms with Gasteiger partial charge in [0.05, 0.1) is 6.04 Å². The second-order valence-corrected chi connectivity index (χ2v) is 5.16. The molecule has 2 amide bonds. The van der Waals surface area contributed by atoms with Crippen LogP contribution >= 0.6 is 0 Å². The lowest BCUT2D eigenvalue weighted by molar-refractivity contribution is 0.207. The van der Waals surface area contributed by atoms with Crippen LogP contribution in [0.4, 0.5) is 15.0 Å². The molecule has 21 heavy (non-hydrogen) atoms. The zero-order valence-electron chi connectivity index (χ0n) is 11.7. The third-order valence-electron chi connectivity index (χ3n) is 3.63. The highest BCUT2D eigenvalue weighted by Crippen LogP contribution is 2.32. The van der Waals surface area contributed by atoms with Gasteiger partial charge in [-0.3, -0.25) is 5.32 Å². The molecule has 1 atom stereocenters. The van der Waals surface area contributed by atoms with E-state index in [9.17, 15) is 9.18 Å². The van der Waals surface area contributed by atoms with Crippen molar-refractivity contribution in [1.29, 1.82) is 0 Å². The van der Waals surface area contributed by atoms with Crippen LogP contribution in [0.5, 0.6) is 0 Å². The largest absolute Gasteiger partial charge is 0.360 e. The summed E-state index contributed by atoms with van der Waals surface area (Å²) in [6.07, 6.45) is 1.80. The number of carbonyl (C=O) groups excluding carboxylic acids is 1. The van der Waals surface area contributed by atoms with E-state index in [1.54, 1.807) is 30.0 Å². The summed E-state index contributed by atoms with van der Waals surface area (Å²) >= 11 is 0. The topological polar surface area (TPSA) is 58.4 Å². The van der Waals surface area contributed by atoms with Crippen LogP contribution in [0.2, 0.25) is 0 Å². The number of aryl methyl sites for hydroxylation is 1. The molecule has 5 nitrogen and oxygen atoms in total. The maximum atomic E-state index is 13.0. The number of hydrogen-bond acceptors (Lipinski definition) is 3. The lowest BCUT2D eigenvalue weighted by atomic mass is 10.0. The van der Waals surface area contributed by atoms with Crippen LogP contribution in [0, 0.1) is 12.7 Å². The number of amides is 2. The smallest absolute Gasteiger partial charge is 0.323 e. The van der Waals surface area contributed by atoms with Crippen molar-refractivity contribution in [3.8, 4) is 0 Å². The second-order valence-electron chi connectivity index (χ2n) is 5.16. The number of benzene rings is 1. The number of nitrogens with zero attached hydrogens (tertiary/aromatic N) is 2. The summed E-state index contributed by atoms with van der Waals surface area (Å²) in [6, 6.07) is 7.72. The Bertz CT molecular complexity index is 639. The number of carbonyl (C=O) groups is 1. The summed E-state index contributed by atoms with van der Waals surface area (Å²) in [5.41, 5.74) is 0.945. The highest BCUT2D eigenvalue weighted by molar-refractivity contribution is 5.88. The number of anilines is 1. The number of nitrogens with one attached hydrogen (secondary N) is 1. The monoisotopic (exact) mass is 289 g/mol. The van der Waals surface area contributed by atoms with Crippen LogP contribution in [0.1, 0.15) is 30.2 Å². The van der Waals surface area contributed by atoms with Gasteiger partial charge < -0.3 is 9.42 Å². The Kier molecular flexibility index (Phi) is 3.60.